The summed E-state index contributed by atoms with van der Waals surface area (Å²) in [5.41, 5.74) is 1.49. The Labute approximate surface area is 149 Å². The van der Waals surface area contributed by atoms with E-state index in [0.717, 1.165) is 35.4 Å². The third-order valence-electron chi connectivity index (χ3n) is 3.86. The quantitative estimate of drug-likeness (QED) is 0.828. The second-order valence-corrected chi connectivity index (χ2v) is 5.78. The van der Waals surface area contributed by atoms with Crippen LogP contribution < -0.4 is 10.6 Å². The molecule has 2 rings (SSSR count). The molecule has 0 atom stereocenters. The molecule has 0 aliphatic rings. The highest BCUT2D eigenvalue weighted by molar-refractivity contribution is 5.96. The zero-order chi connectivity index (χ0) is 19.2. The number of hydrogen-bond acceptors (Lipinski definition) is 2. The van der Waals surface area contributed by atoms with Gasteiger partial charge in [-0.15, -0.1) is 0 Å². The minimum atomic E-state index is -4.45. The summed E-state index contributed by atoms with van der Waals surface area (Å²) in [6.07, 6.45) is -3.78. The van der Waals surface area contributed by atoms with Gasteiger partial charge >= 0.3 is 6.18 Å². The molecule has 138 valence electrons. The van der Waals surface area contributed by atoms with Crippen molar-refractivity contribution in [3.05, 3.63) is 70.8 Å². The fourth-order valence-electron chi connectivity index (χ4n) is 2.36. The molecule has 0 unspecified atom stereocenters. The van der Waals surface area contributed by atoms with Crippen molar-refractivity contribution in [2.75, 3.05) is 13.1 Å². The molecule has 0 spiro atoms. The molecule has 0 aromatic heterocycles. The van der Waals surface area contributed by atoms with Crippen molar-refractivity contribution >= 4 is 11.8 Å². The Hall–Kier alpha value is -2.83. The zero-order valence-corrected chi connectivity index (χ0v) is 14.2. The Morgan fingerprint density at radius 3 is 2.23 bits per heavy atom. The summed E-state index contributed by atoms with van der Waals surface area (Å²) in [5.74, 6) is -0.966. The Bertz CT molecular complexity index is 771. The smallest absolute Gasteiger partial charge is 0.354 e. The number of halogens is 3. The van der Waals surface area contributed by atoms with Crippen molar-refractivity contribution in [3.8, 4) is 0 Å². The van der Waals surface area contributed by atoms with Crippen molar-refractivity contribution in [2.45, 2.75) is 19.5 Å². The Balaban J connectivity index is 1.76. The number of alkyl halides is 3. The fraction of sp³-hybridized carbons (Fsp3) is 0.263. The molecule has 0 bridgehead atoms. The van der Waals surface area contributed by atoms with Crippen LogP contribution >= 0.6 is 0 Å². The average molecular weight is 364 g/mol. The van der Waals surface area contributed by atoms with Crippen molar-refractivity contribution in [2.24, 2.45) is 0 Å². The van der Waals surface area contributed by atoms with Gasteiger partial charge in [0.2, 0.25) is 5.91 Å². The molecule has 2 amide bonds. The minimum Gasteiger partial charge on any atom is -0.354 e. The zero-order valence-electron chi connectivity index (χ0n) is 14.2. The van der Waals surface area contributed by atoms with E-state index in [0.29, 0.717) is 13.0 Å². The van der Waals surface area contributed by atoms with Gasteiger partial charge in [0.25, 0.3) is 5.91 Å². The second kappa shape index (κ2) is 8.51. The van der Waals surface area contributed by atoms with Gasteiger partial charge in [0.05, 0.1) is 12.1 Å². The van der Waals surface area contributed by atoms with Crippen LogP contribution in [0.3, 0.4) is 0 Å². The Kier molecular flexibility index (Phi) is 6.38. The molecule has 26 heavy (non-hydrogen) atoms. The van der Waals surface area contributed by atoms with Gasteiger partial charge in [-0.3, -0.25) is 9.59 Å². The summed E-state index contributed by atoms with van der Waals surface area (Å²) in [6.45, 7) is 2.18. The number of aryl methyl sites for hydroxylation is 1. The van der Waals surface area contributed by atoms with E-state index in [1.165, 1.54) is 0 Å². The molecule has 2 aromatic rings. The second-order valence-electron chi connectivity index (χ2n) is 5.78. The van der Waals surface area contributed by atoms with Gasteiger partial charge < -0.3 is 10.6 Å². The Morgan fingerprint density at radius 1 is 0.962 bits per heavy atom. The monoisotopic (exact) mass is 364 g/mol. The molecular formula is C19H19F3N2O2. The summed E-state index contributed by atoms with van der Waals surface area (Å²) in [4.78, 5) is 23.6. The highest BCUT2D eigenvalue weighted by Crippen LogP contribution is 2.29. The Morgan fingerprint density at radius 2 is 1.62 bits per heavy atom. The number of hydrogen-bond donors (Lipinski definition) is 2. The summed E-state index contributed by atoms with van der Waals surface area (Å²) >= 11 is 0. The first-order valence-electron chi connectivity index (χ1n) is 8.04. The standard InChI is InChI=1S/C19H19F3N2O2/c1-13-4-2-3-5-14(13)10-11-23-17(25)12-24-18(26)15-6-8-16(9-7-15)19(20,21)22/h2-9H,10-12H2,1H3,(H,23,25)(H,24,26). The molecule has 0 aliphatic heterocycles. The number of carbonyl (C=O) groups is 2. The molecule has 2 N–H and O–H groups in total. The van der Waals surface area contributed by atoms with Gasteiger partial charge in [-0.25, -0.2) is 0 Å². The largest absolute Gasteiger partial charge is 0.416 e. The van der Waals surface area contributed by atoms with E-state index < -0.39 is 17.6 Å². The maximum Gasteiger partial charge on any atom is 0.416 e. The van der Waals surface area contributed by atoms with Crippen molar-refractivity contribution in [1.82, 2.24) is 10.6 Å². The van der Waals surface area contributed by atoms with Gasteiger partial charge in [0.15, 0.2) is 0 Å². The average Bonchev–Trinajstić information content (AvgIpc) is 2.60. The first-order chi connectivity index (χ1) is 12.3. The molecular weight excluding hydrogens is 345 g/mol. The number of amides is 2. The van der Waals surface area contributed by atoms with E-state index in [2.05, 4.69) is 10.6 Å². The van der Waals surface area contributed by atoms with Gasteiger partial charge in [-0.1, -0.05) is 24.3 Å². The van der Waals surface area contributed by atoms with Crippen LogP contribution in [0.2, 0.25) is 0 Å². The van der Waals surface area contributed by atoms with E-state index >= 15 is 0 Å². The van der Waals surface area contributed by atoms with Crippen molar-refractivity contribution in [1.29, 1.82) is 0 Å². The molecule has 0 fully saturated rings. The molecule has 7 heteroatoms. The van der Waals surface area contributed by atoms with E-state index in [1.54, 1.807) is 0 Å². The molecule has 0 heterocycles. The summed E-state index contributed by atoms with van der Waals surface area (Å²) < 4.78 is 37.5. The van der Waals surface area contributed by atoms with Gasteiger partial charge in [0, 0.05) is 12.1 Å². The first kappa shape index (κ1) is 19.5. The molecule has 0 aliphatic carbocycles. The minimum absolute atomic E-state index is 0.0608. The lowest BCUT2D eigenvalue weighted by molar-refractivity contribution is -0.137. The van der Waals surface area contributed by atoms with Crippen LogP contribution in [0.4, 0.5) is 13.2 Å². The van der Waals surface area contributed by atoms with Crippen LogP contribution in [0, 0.1) is 6.92 Å². The highest BCUT2D eigenvalue weighted by Gasteiger charge is 2.30. The lowest BCUT2D eigenvalue weighted by atomic mass is 10.1. The molecule has 0 saturated heterocycles. The maximum absolute atomic E-state index is 12.5. The summed E-state index contributed by atoms with van der Waals surface area (Å²) in [6, 6.07) is 11.6. The van der Waals surface area contributed by atoms with E-state index in [1.807, 2.05) is 31.2 Å². The predicted octanol–water partition coefficient (Wildman–Crippen LogP) is 3.10. The molecule has 4 nitrogen and oxygen atoms in total. The van der Waals surface area contributed by atoms with Gasteiger partial charge in [-0.05, 0) is 48.7 Å². The number of benzene rings is 2. The van der Waals surface area contributed by atoms with Crippen LogP contribution in [0.15, 0.2) is 48.5 Å². The lowest BCUT2D eigenvalue weighted by Gasteiger charge is -2.09. The van der Waals surface area contributed by atoms with Crippen LogP contribution in [-0.2, 0) is 17.4 Å². The number of nitrogens with one attached hydrogen (secondary N) is 2. The number of rotatable bonds is 6. The topological polar surface area (TPSA) is 58.2 Å². The molecule has 0 radical (unpaired) electrons. The van der Waals surface area contributed by atoms with Crippen LogP contribution in [0.25, 0.3) is 0 Å². The van der Waals surface area contributed by atoms with Crippen LogP contribution in [0.1, 0.15) is 27.0 Å². The first-order valence-corrected chi connectivity index (χ1v) is 8.04. The van der Waals surface area contributed by atoms with Crippen LogP contribution in [0.5, 0.6) is 0 Å². The maximum atomic E-state index is 12.5. The van der Waals surface area contributed by atoms with Gasteiger partial charge in [0.1, 0.15) is 0 Å². The third-order valence-corrected chi connectivity index (χ3v) is 3.86. The lowest BCUT2D eigenvalue weighted by Crippen LogP contribution is -2.37. The summed E-state index contributed by atoms with van der Waals surface area (Å²) in [5, 5.41) is 5.08. The van der Waals surface area contributed by atoms with E-state index in [4.69, 9.17) is 0 Å². The third kappa shape index (κ3) is 5.61. The highest BCUT2D eigenvalue weighted by atomic mass is 19.4. The summed E-state index contributed by atoms with van der Waals surface area (Å²) in [7, 11) is 0. The van der Waals surface area contributed by atoms with Crippen LogP contribution in [-0.4, -0.2) is 24.9 Å². The van der Waals surface area contributed by atoms with Gasteiger partial charge in [-0.2, -0.15) is 13.2 Å². The fourth-order valence-corrected chi connectivity index (χ4v) is 2.36. The van der Waals surface area contributed by atoms with Crippen molar-refractivity contribution in [3.63, 3.8) is 0 Å². The SMILES string of the molecule is Cc1ccccc1CCNC(=O)CNC(=O)c1ccc(C(F)(F)F)cc1. The van der Waals surface area contributed by atoms with Crippen molar-refractivity contribution < 1.29 is 22.8 Å². The normalized spacial score (nSPS) is 11.1. The van der Waals surface area contributed by atoms with E-state index in [-0.39, 0.29) is 18.0 Å². The molecule has 2 aromatic carbocycles. The predicted molar refractivity (Wildman–Crippen MR) is 91.7 cm³/mol. The number of carbonyl (C=O) groups excluding carboxylic acids is 2. The van der Waals surface area contributed by atoms with E-state index in [9.17, 15) is 22.8 Å². The molecule has 0 saturated carbocycles.